The maximum Gasteiger partial charge on any atom is 0.145 e. The Morgan fingerprint density at radius 2 is 1.74 bits per heavy atom. The van der Waals surface area contributed by atoms with E-state index in [-0.39, 0.29) is 0 Å². The highest BCUT2D eigenvalue weighted by Gasteiger charge is 2.10. The van der Waals surface area contributed by atoms with Crippen LogP contribution < -0.4 is 0 Å². The molecule has 0 saturated heterocycles. The van der Waals surface area contributed by atoms with E-state index in [0.29, 0.717) is 0 Å². The summed E-state index contributed by atoms with van der Waals surface area (Å²) in [5.41, 5.74) is 2.28. The van der Waals surface area contributed by atoms with E-state index in [4.69, 9.17) is 0 Å². The van der Waals surface area contributed by atoms with Crippen LogP contribution >= 0.6 is 11.8 Å². The number of rotatable bonds is 1. The highest BCUT2D eigenvalue weighted by atomic mass is 32.2. The molecule has 0 atom stereocenters. The van der Waals surface area contributed by atoms with Gasteiger partial charge in [0.25, 0.3) is 0 Å². The standard InChI is InChI=1S/C16H12N2S/c1-19-14-8-4-7-12-11-5-2-3-6-13(11)16-17-9-10-18(16)15(12)14/h2-10H,1H3. The Labute approximate surface area is 115 Å². The van der Waals surface area contributed by atoms with Gasteiger partial charge in [0.05, 0.1) is 5.52 Å². The predicted molar refractivity (Wildman–Crippen MR) is 82.0 cm³/mol. The summed E-state index contributed by atoms with van der Waals surface area (Å²) >= 11 is 1.78. The lowest BCUT2D eigenvalue weighted by molar-refractivity contribution is 1.24. The van der Waals surface area contributed by atoms with E-state index in [1.807, 2.05) is 12.4 Å². The molecular weight excluding hydrogens is 252 g/mol. The van der Waals surface area contributed by atoms with Crippen LogP contribution in [-0.4, -0.2) is 15.6 Å². The van der Waals surface area contributed by atoms with Crippen LogP contribution in [0.15, 0.2) is 59.8 Å². The van der Waals surface area contributed by atoms with Gasteiger partial charge < -0.3 is 0 Å². The van der Waals surface area contributed by atoms with Crippen molar-refractivity contribution >= 4 is 39.1 Å². The zero-order valence-corrected chi connectivity index (χ0v) is 11.3. The molecule has 0 aliphatic carbocycles. The summed E-state index contributed by atoms with van der Waals surface area (Å²) in [5.74, 6) is 0. The highest BCUT2D eigenvalue weighted by molar-refractivity contribution is 7.98. The smallest absolute Gasteiger partial charge is 0.145 e. The molecule has 0 N–H and O–H groups in total. The average Bonchev–Trinajstić information content (AvgIpc) is 2.96. The van der Waals surface area contributed by atoms with Crippen molar-refractivity contribution in [3.63, 3.8) is 0 Å². The summed E-state index contributed by atoms with van der Waals surface area (Å²) in [6.07, 6.45) is 6.04. The third kappa shape index (κ3) is 1.42. The molecule has 4 aromatic rings. The lowest BCUT2D eigenvalue weighted by Crippen LogP contribution is -1.92. The number of thioether (sulfide) groups is 1. The Kier molecular flexibility index (Phi) is 2.29. The first-order valence-corrected chi connectivity index (χ1v) is 7.43. The highest BCUT2D eigenvalue weighted by Crippen LogP contribution is 2.33. The molecule has 0 aliphatic rings. The summed E-state index contributed by atoms with van der Waals surface area (Å²) in [6.45, 7) is 0. The summed E-state index contributed by atoms with van der Waals surface area (Å²) in [7, 11) is 0. The van der Waals surface area contributed by atoms with Crippen molar-refractivity contribution in [2.45, 2.75) is 4.90 Å². The molecule has 0 bridgehead atoms. The monoisotopic (exact) mass is 264 g/mol. The van der Waals surface area contributed by atoms with Gasteiger partial charge in [-0.15, -0.1) is 11.8 Å². The minimum Gasteiger partial charge on any atom is -0.298 e. The molecule has 0 radical (unpaired) electrons. The van der Waals surface area contributed by atoms with Gasteiger partial charge in [-0.2, -0.15) is 0 Å². The maximum atomic E-state index is 4.53. The number of imidazole rings is 1. The molecule has 92 valence electrons. The summed E-state index contributed by atoms with van der Waals surface area (Å²) < 4.78 is 2.20. The van der Waals surface area contributed by atoms with Crippen molar-refractivity contribution in [1.82, 2.24) is 9.38 Å². The van der Waals surface area contributed by atoms with Crippen molar-refractivity contribution in [1.29, 1.82) is 0 Å². The third-order valence-corrected chi connectivity index (χ3v) is 4.33. The molecule has 0 unspecified atom stereocenters. The SMILES string of the molecule is CSc1cccc2c3ccccc3c3nccn3c12. The van der Waals surface area contributed by atoms with Crippen LogP contribution in [0.1, 0.15) is 0 Å². The molecule has 2 heterocycles. The quantitative estimate of drug-likeness (QED) is 0.375. The molecule has 0 saturated carbocycles. The summed E-state index contributed by atoms with van der Waals surface area (Å²) in [6, 6.07) is 15.0. The predicted octanol–water partition coefficient (Wildman–Crippen LogP) is 4.36. The van der Waals surface area contributed by atoms with E-state index in [1.165, 1.54) is 26.6 Å². The van der Waals surface area contributed by atoms with E-state index >= 15 is 0 Å². The normalized spacial score (nSPS) is 11.6. The topological polar surface area (TPSA) is 17.3 Å². The zero-order valence-electron chi connectivity index (χ0n) is 10.5. The molecule has 2 aromatic heterocycles. The minimum absolute atomic E-state index is 1.03. The van der Waals surface area contributed by atoms with Gasteiger partial charge in [-0.1, -0.05) is 36.4 Å². The second kappa shape index (κ2) is 4.00. The van der Waals surface area contributed by atoms with Crippen LogP contribution in [-0.2, 0) is 0 Å². The van der Waals surface area contributed by atoms with Crippen molar-refractivity contribution in [3.8, 4) is 0 Å². The van der Waals surface area contributed by atoms with Crippen LogP contribution in [0.5, 0.6) is 0 Å². The lowest BCUT2D eigenvalue weighted by atomic mass is 10.1. The number of hydrogen-bond acceptors (Lipinski definition) is 2. The Morgan fingerprint density at radius 1 is 0.947 bits per heavy atom. The van der Waals surface area contributed by atoms with Crippen LogP contribution in [0.25, 0.3) is 27.3 Å². The maximum absolute atomic E-state index is 4.53. The van der Waals surface area contributed by atoms with Gasteiger partial charge in [-0.05, 0) is 17.7 Å². The van der Waals surface area contributed by atoms with Gasteiger partial charge >= 0.3 is 0 Å². The molecule has 2 nitrogen and oxygen atoms in total. The van der Waals surface area contributed by atoms with Crippen molar-refractivity contribution in [3.05, 3.63) is 54.9 Å². The van der Waals surface area contributed by atoms with Crippen LogP contribution in [0.2, 0.25) is 0 Å². The minimum atomic E-state index is 1.03. The molecule has 2 aromatic carbocycles. The molecule has 3 heteroatoms. The Bertz CT molecular complexity index is 908. The number of aromatic nitrogens is 2. The fourth-order valence-corrected chi connectivity index (χ4v) is 3.37. The van der Waals surface area contributed by atoms with E-state index in [0.717, 1.165) is 5.65 Å². The number of fused-ring (bicyclic) bond motifs is 6. The van der Waals surface area contributed by atoms with Gasteiger partial charge in [0.15, 0.2) is 0 Å². The Balaban J connectivity index is 2.42. The van der Waals surface area contributed by atoms with E-state index in [1.54, 1.807) is 11.8 Å². The first-order valence-electron chi connectivity index (χ1n) is 6.20. The van der Waals surface area contributed by atoms with Gasteiger partial charge in [0.1, 0.15) is 5.65 Å². The van der Waals surface area contributed by atoms with Crippen LogP contribution in [0, 0.1) is 0 Å². The third-order valence-electron chi connectivity index (χ3n) is 3.56. The molecule has 0 spiro atoms. The molecule has 0 fully saturated rings. The first-order chi connectivity index (χ1) is 9.40. The molecule has 19 heavy (non-hydrogen) atoms. The first kappa shape index (κ1) is 10.9. The van der Waals surface area contributed by atoms with E-state index in [9.17, 15) is 0 Å². The van der Waals surface area contributed by atoms with Crippen LogP contribution in [0.4, 0.5) is 0 Å². The number of pyridine rings is 1. The van der Waals surface area contributed by atoms with E-state index < -0.39 is 0 Å². The van der Waals surface area contributed by atoms with Crippen molar-refractivity contribution < 1.29 is 0 Å². The van der Waals surface area contributed by atoms with Crippen LogP contribution in [0.3, 0.4) is 0 Å². The largest absolute Gasteiger partial charge is 0.298 e. The molecule has 0 amide bonds. The van der Waals surface area contributed by atoms with Gasteiger partial charge in [-0.3, -0.25) is 4.40 Å². The number of para-hydroxylation sites is 1. The molecule has 0 aliphatic heterocycles. The lowest BCUT2D eigenvalue weighted by Gasteiger charge is -2.10. The van der Waals surface area contributed by atoms with E-state index in [2.05, 4.69) is 58.1 Å². The fraction of sp³-hybridized carbons (Fsp3) is 0.0625. The second-order valence-electron chi connectivity index (χ2n) is 4.52. The Hall–Kier alpha value is -2.00. The zero-order chi connectivity index (χ0) is 12.8. The van der Waals surface area contributed by atoms with Crippen molar-refractivity contribution in [2.24, 2.45) is 0 Å². The average molecular weight is 264 g/mol. The van der Waals surface area contributed by atoms with Gasteiger partial charge in [-0.25, -0.2) is 4.98 Å². The number of benzene rings is 2. The van der Waals surface area contributed by atoms with Gasteiger partial charge in [0, 0.05) is 28.1 Å². The summed E-state index contributed by atoms with van der Waals surface area (Å²) in [5, 5.41) is 3.76. The number of nitrogens with zero attached hydrogens (tertiary/aromatic N) is 2. The fourth-order valence-electron chi connectivity index (χ4n) is 2.75. The summed E-state index contributed by atoms with van der Waals surface area (Å²) in [4.78, 5) is 5.81. The van der Waals surface area contributed by atoms with Gasteiger partial charge in [0.2, 0.25) is 0 Å². The Morgan fingerprint density at radius 3 is 2.58 bits per heavy atom. The molecule has 4 rings (SSSR count). The van der Waals surface area contributed by atoms with Crippen molar-refractivity contribution in [2.75, 3.05) is 6.26 Å². The number of hydrogen-bond donors (Lipinski definition) is 0. The second-order valence-corrected chi connectivity index (χ2v) is 5.37. The molecular formula is C16H12N2S.